The molecule has 0 bridgehead atoms. The van der Waals surface area contributed by atoms with Crippen molar-refractivity contribution >= 4 is 51.1 Å². The lowest BCUT2D eigenvalue weighted by Gasteiger charge is -2.08. The average molecular weight is 409 g/mol. The van der Waals surface area contributed by atoms with Gasteiger partial charge in [-0.3, -0.25) is 20.4 Å². The lowest BCUT2D eigenvalue weighted by Crippen LogP contribution is -2.43. The molecule has 6 nitrogen and oxygen atoms in total. The number of carbonyl (C=O) groups is 3. The molecule has 24 heavy (non-hydrogen) atoms. The average Bonchev–Trinajstić information content (AvgIpc) is 3.10. The highest BCUT2D eigenvalue weighted by Gasteiger charge is 2.11. The summed E-state index contributed by atoms with van der Waals surface area (Å²) < 4.78 is 5.37. The Bertz CT molecular complexity index is 759. The van der Waals surface area contributed by atoms with E-state index in [9.17, 15) is 14.4 Å². The Balaban J connectivity index is 1.72. The molecule has 0 aliphatic carbocycles. The number of thiophene rings is 1. The Morgan fingerprint density at radius 2 is 1.92 bits per heavy atom. The first-order valence-corrected chi connectivity index (χ1v) is 8.45. The molecule has 0 fully saturated rings. The van der Waals surface area contributed by atoms with Crippen LogP contribution in [0.2, 0.25) is 0 Å². The number of rotatable bonds is 5. The molecule has 124 valence electrons. The van der Waals surface area contributed by atoms with Crippen LogP contribution in [-0.4, -0.2) is 24.4 Å². The minimum Gasteiger partial charge on any atom is -0.452 e. The molecule has 0 spiro atoms. The van der Waals surface area contributed by atoms with Crippen LogP contribution in [0.4, 0.5) is 0 Å². The van der Waals surface area contributed by atoms with Crippen LogP contribution in [0, 0.1) is 0 Å². The Labute approximate surface area is 150 Å². The zero-order valence-electron chi connectivity index (χ0n) is 12.3. The van der Waals surface area contributed by atoms with Gasteiger partial charge in [0.05, 0.1) is 5.56 Å². The van der Waals surface area contributed by atoms with E-state index in [1.54, 1.807) is 30.3 Å². The molecule has 1 aromatic heterocycles. The van der Waals surface area contributed by atoms with Crippen molar-refractivity contribution in [3.8, 4) is 0 Å². The van der Waals surface area contributed by atoms with Crippen molar-refractivity contribution in [2.24, 2.45) is 0 Å². The van der Waals surface area contributed by atoms with E-state index < -0.39 is 24.4 Å². The summed E-state index contributed by atoms with van der Waals surface area (Å²) in [6.45, 7) is -0.496. The Hall–Kier alpha value is -2.45. The van der Waals surface area contributed by atoms with Gasteiger partial charge in [-0.05, 0) is 45.6 Å². The highest BCUT2D eigenvalue weighted by Crippen LogP contribution is 2.15. The maximum absolute atomic E-state index is 11.9. The standard InChI is InChI=1S/C16H13BrN2O4S/c17-13-6-2-1-5-12(13)16(22)19-18-14(20)10-23-15(21)8-7-11-4-3-9-24-11/h1-9H,10H2,(H,18,20)(H,19,22). The van der Waals surface area contributed by atoms with Crippen LogP contribution in [0.5, 0.6) is 0 Å². The normalized spacial score (nSPS) is 10.4. The number of hydrogen-bond acceptors (Lipinski definition) is 5. The van der Waals surface area contributed by atoms with Gasteiger partial charge in [0.15, 0.2) is 6.61 Å². The molecule has 2 amide bonds. The largest absolute Gasteiger partial charge is 0.452 e. The first kappa shape index (κ1) is 17.9. The van der Waals surface area contributed by atoms with Crippen LogP contribution in [0.15, 0.2) is 52.3 Å². The van der Waals surface area contributed by atoms with E-state index in [4.69, 9.17) is 4.74 Å². The van der Waals surface area contributed by atoms with Gasteiger partial charge in [0.2, 0.25) is 0 Å². The van der Waals surface area contributed by atoms with Crippen LogP contribution in [0.3, 0.4) is 0 Å². The molecule has 0 saturated carbocycles. The van der Waals surface area contributed by atoms with E-state index in [0.29, 0.717) is 10.0 Å². The van der Waals surface area contributed by atoms with E-state index in [-0.39, 0.29) is 0 Å². The van der Waals surface area contributed by atoms with Gasteiger partial charge in [-0.1, -0.05) is 18.2 Å². The van der Waals surface area contributed by atoms with E-state index in [0.717, 1.165) is 4.88 Å². The second-order valence-corrected chi connectivity index (χ2v) is 6.27. The molecule has 2 rings (SSSR count). The second kappa shape index (κ2) is 8.99. The fraction of sp³-hybridized carbons (Fsp3) is 0.0625. The molecule has 8 heteroatoms. The van der Waals surface area contributed by atoms with E-state index in [1.807, 2.05) is 17.5 Å². The van der Waals surface area contributed by atoms with Gasteiger partial charge in [-0.15, -0.1) is 11.3 Å². The first-order valence-electron chi connectivity index (χ1n) is 6.78. The topological polar surface area (TPSA) is 84.5 Å². The fourth-order valence-electron chi connectivity index (χ4n) is 1.60. The molecular formula is C16H13BrN2O4S. The minimum atomic E-state index is -0.645. The van der Waals surface area contributed by atoms with Crippen molar-refractivity contribution in [1.82, 2.24) is 10.9 Å². The van der Waals surface area contributed by atoms with Crippen LogP contribution in [0.1, 0.15) is 15.2 Å². The van der Waals surface area contributed by atoms with Crippen LogP contribution in [-0.2, 0) is 14.3 Å². The van der Waals surface area contributed by atoms with Crippen LogP contribution in [0.25, 0.3) is 6.08 Å². The monoisotopic (exact) mass is 408 g/mol. The maximum atomic E-state index is 11.9. The summed E-state index contributed by atoms with van der Waals surface area (Å²) in [5.41, 5.74) is 4.79. The summed E-state index contributed by atoms with van der Waals surface area (Å²) in [4.78, 5) is 35.8. The predicted octanol–water partition coefficient (Wildman–Crippen LogP) is 2.53. The summed E-state index contributed by atoms with van der Waals surface area (Å²) in [6, 6.07) is 10.5. The lowest BCUT2D eigenvalue weighted by atomic mass is 10.2. The molecule has 2 aromatic rings. The number of esters is 1. The van der Waals surface area contributed by atoms with Crippen molar-refractivity contribution in [3.63, 3.8) is 0 Å². The number of hydrogen-bond donors (Lipinski definition) is 2. The molecule has 0 saturated heterocycles. The van der Waals surface area contributed by atoms with Gasteiger partial charge in [-0.25, -0.2) is 4.79 Å². The lowest BCUT2D eigenvalue weighted by molar-refractivity contribution is -0.144. The van der Waals surface area contributed by atoms with Gasteiger partial charge in [0, 0.05) is 15.4 Å². The quantitative estimate of drug-likeness (QED) is 0.452. The molecule has 2 N–H and O–H groups in total. The summed E-state index contributed by atoms with van der Waals surface area (Å²) in [6.07, 6.45) is 2.83. The number of halogens is 1. The smallest absolute Gasteiger partial charge is 0.331 e. The third-order valence-corrected chi connectivity index (χ3v) is 4.24. The second-order valence-electron chi connectivity index (χ2n) is 4.44. The van der Waals surface area contributed by atoms with Crippen LogP contribution >= 0.6 is 27.3 Å². The highest BCUT2D eigenvalue weighted by atomic mass is 79.9. The van der Waals surface area contributed by atoms with Crippen LogP contribution < -0.4 is 10.9 Å². The van der Waals surface area contributed by atoms with Crippen molar-refractivity contribution < 1.29 is 19.1 Å². The van der Waals surface area contributed by atoms with Gasteiger partial charge >= 0.3 is 5.97 Å². The molecule has 1 aromatic carbocycles. The number of benzene rings is 1. The minimum absolute atomic E-state index is 0.369. The summed E-state index contributed by atoms with van der Waals surface area (Å²) in [7, 11) is 0. The molecule has 0 aliphatic heterocycles. The number of amides is 2. The number of carbonyl (C=O) groups excluding carboxylic acids is 3. The first-order chi connectivity index (χ1) is 11.6. The highest BCUT2D eigenvalue weighted by molar-refractivity contribution is 9.10. The number of ether oxygens (including phenoxy) is 1. The zero-order valence-corrected chi connectivity index (χ0v) is 14.7. The third kappa shape index (κ3) is 5.64. The van der Waals surface area contributed by atoms with Gasteiger partial charge in [-0.2, -0.15) is 0 Å². The maximum Gasteiger partial charge on any atom is 0.331 e. The molecule has 0 unspecified atom stereocenters. The SMILES string of the molecule is O=C(COC(=O)C=Cc1cccs1)NNC(=O)c1ccccc1Br. The van der Waals surface area contributed by atoms with Crippen molar-refractivity contribution in [2.45, 2.75) is 0 Å². The van der Waals surface area contributed by atoms with E-state index in [2.05, 4.69) is 26.8 Å². The Morgan fingerprint density at radius 1 is 1.12 bits per heavy atom. The summed E-state index contributed by atoms with van der Waals surface area (Å²) in [5, 5.41) is 1.88. The van der Waals surface area contributed by atoms with E-state index in [1.165, 1.54) is 17.4 Å². The summed E-state index contributed by atoms with van der Waals surface area (Å²) in [5.74, 6) is -1.77. The number of hydrazine groups is 1. The molecular weight excluding hydrogens is 396 g/mol. The van der Waals surface area contributed by atoms with Crippen molar-refractivity contribution in [1.29, 1.82) is 0 Å². The zero-order chi connectivity index (χ0) is 17.4. The predicted molar refractivity (Wildman–Crippen MR) is 94.1 cm³/mol. The molecule has 1 heterocycles. The molecule has 0 radical (unpaired) electrons. The fourth-order valence-corrected chi connectivity index (χ4v) is 2.68. The number of nitrogens with one attached hydrogen (secondary N) is 2. The molecule has 0 aliphatic rings. The van der Waals surface area contributed by atoms with Gasteiger partial charge in [0.25, 0.3) is 11.8 Å². The summed E-state index contributed by atoms with van der Waals surface area (Å²) >= 11 is 4.71. The Morgan fingerprint density at radius 3 is 2.62 bits per heavy atom. The van der Waals surface area contributed by atoms with Crippen molar-refractivity contribution in [2.75, 3.05) is 6.61 Å². The van der Waals surface area contributed by atoms with Gasteiger partial charge in [0.1, 0.15) is 0 Å². The van der Waals surface area contributed by atoms with Gasteiger partial charge < -0.3 is 4.74 Å². The Kier molecular flexibility index (Phi) is 6.71. The molecule has 0 atom stereocenters. The van der Waals surface area contributed by atoms with Crippen molar-refractivity contribution in [3.05, 3.63) is 62.8 Å². The van der Waals surface area contributed by atoms with E-state index >= 15 is 0 Å². The third-order valence-electron chi connectivity index (χ3n) is 2.71.